The summed E-state index contributed by atoms with van der Waals surface area (Å²) in [4.78, 5) is 37.8. The second-order valence-corrected chi connectivity index (χ2v) is 19.4. The van der Waals surface area contributed by atoms with E-state index in [-0.39, 0.29) is 24.0 Å². The predicted molar refractivity (Wildman–Crippen MR) is 147 cm³/mol. The van der Waals surface area contributed by atoms with Gasteiger partial charge in [-0.2, -0.15) is 13.2 Å². The minimum absolute atomic E-state index is 0.0140. The quantitative estimate of drug-likeness (QED) is 0.144. The number of aromatic amines is 1. The molecule has 38 heavy (non-hydrogen) atoms. The number of H-pyrrole nitrogens is 1. The van der Waals surface area contributed by atoms with Gasteiger partial charge >= 0.3 is 11.9 Å². The van der Waals surface area contributed by atoms with Gasteiger partial charge in [-0.3, -0.25) is 19.1 Å². The predicted octanol–water partition coefficient (Wildman–Crippen LogP) is 5.57. The van der Waals surface area contributed by atoms with Gasteiger partial charge < -0.3 is 13.9 Å². The topological polar surface area (TPSA) is 99.6 Å². The third-order valence-corrected chi connectivity index (χ3v) is 14.4. The molecule has 0 aromatic carbocycles. The summed E-state index contributed by atoms with van der Waals surface area (Å²) in [5.74, 6) is -1.50. The Hall–Kier alpha value is -1.06. The third kappa shape index (κ3) is 9.25. The number of alkyl halides is 3. The van der Waals surface area contributed by atoms with Crippen LogP contribution in [0.1, 0.15) is 65.7 Å². The highest BCUT2D eigenvalue weighted by atomic mass is 33.1. The van der Waals surface area contributed by atoms with E-state index in [1.807, 2.05) is 0 Å². The van der Waals surface area contributed by atoms with Crippen molar-refractivity contribution >= 4 is 35.7 Å². The molecule has 1 unspecified atom stereocenters. The zero-order chi connectivity index (χ0) is 29.1. The molecule has 0 aliphatic carbocycles. The Morgan fingerprint density at radius 1 is 1.21 bits per heavy atom. The lowest BCUT2D eigenvalue weighted by atomic mass is 10.0. The number of Topliss-reactive ketones (excluding diaryl/α,β-unsaturated/α-hetero) is 1. The molecule has 1 aliphatic rings. The molecule has 1 saturated heterocycles. The molecule has 0 saturated carbocycles. The molecule has 1 aromatic rings. The molecule has 1 aliphatic heterocycles. The van der Waals surface area contributed by atoms with Crippen LogP contribution in [-0.4, -0.2) is 59.3 Å². The number of aromatic nitrogens is 2. The highest BCUT2D eigenvalue weighted by Gasteiger charge is 2.42. The number of nitrogens with one attached hydrogen (secondary N) is 1. The summed E-state index contributed by atoms with van der Waals surface area (Å²) in [7, 11) is 0.597. The zero-order valence-corrected chi connectivity index (χ0v) is 25.8. The molecule has 218 valence electrons. The summed E-state index contributed by atoms with van der Waals surface area (Å²) < 4.78 is 57.0. The number of hydrogen-bond acceptors (Lipinski definition) is 8. The van der Waals surface area contributed by atoms with Crippen molar-refractivity contribution < 1.29 is 31.9 Å². The first kappa shape index (κ1) is 33.1. The number of ether oxygens (including phenoxy) is 2. The van der Waals surface area contributed by atoms with Crippen molar-refractivity contribution in [1.29, 1.82) is 0 Å². The van der Waals surface area contributed by atoms with E-state index in [1.54, 1.807) is 20.8 Å². The normalized spacial score (nSPS) is 21.2. The molecule has 0 spiro atoms. The lowest BCUT2D eigenvalue weighted by Gasteiger charge is -2.37. The van der Waals surface area contributed by atoms with Crippen molar-refractivity contribution in [3.05, 3.63) is 32.6 Å². The fourth-order valence-corrected chi connectivity index (χ4v) is 6.72. The van der Waals surface area contributed by atoms with Crippen LogP contribution >= 0.6 is 21.6 Å². The minimum Gasteiger partial charge on any atom is -0.414 e. The monoisotopic (exact) mass is 600 g/mol. The Labute approximate surface area is 230 Å². The number of halogens is 3. The molecule has 0 amide bonds. The Morgan fingerprint density at radius 2 is 1.84 bits per heavy atom. The highest BCUT2D eigenvalue weighted by molar-refractivity contribution is 8.77. The zero-order valence-electron chi connectivity index (χ0n) is 23.2. The van der Waals surface area contributed by atoms with E-state index in [9.17, 15) is 27.6 Å². The number of carbonyl (C=O) groups is 1. The lowest BCUT2D eigenvalue weighted by molar-refractivity contribution is -0.171. The molecule has 2 rings (SSSR count). The molecule has 0 bridgehead atoms. The fraction of sp³-hybridized carbons (Fsp3) is 0.792. The van der Waals surface area contributed by atoms with Gasteiger partial charge in [-0.05, 0) is 45.3 Å². The van der Waals surface area contributed by atoms with Gasteiger partial charge in [0, 0.05) is 29.3 Å². The van der Waals surface area contributed by atoms with E-state index < -0.39 is 61.1 Å². The number of nitrogens with zero attached hydrogens (tertiary/aromatic N) is 1. The van der Waals surface area contributed by atoms with Crippen LogP contribution in [0.4, 0.5) is 13.2 Å². The van der Waals surface area contributed by atoms with Crippen LogP contribution in [0.25, 0.3) is 0 Å². The Bertz CT molecular complexity index is 1080. The van der Waals surface area contributed by atoms with Crippen LogP contribution in [0.5, 0.6) is 0 Å². The maximum Gasteiger partial charge on any atom is 0.449 e. The van der Waals surface area contributed by atoms with Gasteiger partial charge in [0.25, 0.3) is 5.56 Å². The average molecular weight is 601 g/mol. The summed E-state index contributed by atoms with van der Waals surface area (Å²) in [5.41, 5.74) is -0.650. The van der Waals surface area contributed by atoms with Crippen molar-refractivity contribution in [3.8, 4) is 0 Å². The van der Waals surface area contributed by atoms with Gasteiger partial charge in [0.15, 0.2) is 8.32 Å². The molecule has 3 atom stereocenters. The molecule has 1 aromatic heterocycles. The van der Waals surface area contributed by atoms with Gasteiger partial charge in [0.2, 0.25) is 5.78 Å². The smallest absolute Gasteiger partial charge is 0.414 e. The van der Waals surface area contributed by atoms with Crippen LogP contribution < -0.4 is 11.2 Å². The van der Waals surface area contributed by atoms with Crippen LogP contribution in [0.2, 0.25) is 18.1 Å². The fourth-order valence-electron chi connectivity index (χ4n) is 3.40. The molecular weight excluding hydrogens is 561 g/mol. The summed E-state index contributed by atoms with van der Waals surface area (Å²) in [6, 6.07) is 0. The van der Waals surface area contributed by atoms with E-state index in [1.165, 1.54) is 32.4 Å². The Balaban J connectivity index is 2.04. The van der Waals surface area contributed by atoms with Crippen LogP contribution in [0.3, 0.4) is 0 Å². The number of aryl methyl sites for hydroxylation is 1. The van der Waals surface area contributed by atoms with Gasteiger partial charge in [0.05, 0.1) is 12.7 Å². The number of ketones is 1. The van der Waals surface area contributed by atoms with E-state index in [2.05, 4.69) is 38.8 Å². The maximum atomic E-state index is 12.5. The van der Waals surface area contributed by atoms with Crippen molar-refractivity contribution in [2.24, 2.45) is 0 Å². The number of hydrogen-bond donors (Lipinski definition) is 1. The summed E-state index contributed by atoms with van der Waals surface area (Å²) in [5, 5.41) is -0.0140. The van der Waals surface area contributed by atoms with Crippen LogP contribution in [0.15, 0.2) is 15.8 Å². The SMILES string of the molecule is Cc1cn([C@H]2CC(OCSSC(C)(C)CCC(=O)C(F)(F)F)[C@@H](CO[Si](C)(C)C(C)(C)C)O2)c(=O)[nH]c1=O. The average Bonchev–Trinajstić information content (AvgIpc) is 3.17. The van der Waals surface area contributed by atoms with E-state index in [4.69, 9.17) is 13.9 Å². The number of carbonyl (C=O) groups excluding carboxylic acids is 1. The maximum absolute atomic E-state index is 12.5. The minimum atomic E-state index is -4.82. The van der Waals surface area contributed by atoms with Crippen LogP contribution in [0, 0.1) is 6.92 Å². The van der Waals surface area contributed by atoms with Crippen molar-refractivity contribution in [2.45, 2.75) is 108 Å². The molecule has 2 heterocycles. The molecule has 1 fully saturated rings. The van der Waals surface area contributed by atoms with Crippen molar-refractivity contribution in [2.75, 3.05) is 12.5 Å². The van der Waals surface area contributed by atoms with Gasteiger partial charge in [-0.1, -0.05) is 42.4 Å². The molecule has 8 nitrogen and oxygen atoms in total. The second kappa shape index (κ2) is 12.6. The number of rotatable bonds is 12. The van der Waals surface area contributed by atoms with E-state index in [0.29, 0.717) is 12.0 Å². The molecule has 0 radical (unpaired) electrons. The molecular formula is C24H39F3N2O6S2Si. The van der Waals surface area contributed by atoms with Gasteiger partial charge in [-0.15, -0.1) is 0 Å². The highest BCUT2D eigenvalue weighted by Crippen LogP contribution is 2.41. The van der Waals surface area contributed by atoms with Gasteiger partial charge in [-0.25, -0.2) is 4.79 Å². The van der Waals surface area contributed by atoms with Crippen molar-refractivity contribution in [3.63, 3.8) is 0 Å². The standard InChI is InChI=1S/C24H39F3N2O6S2Si/c1-15-12-29(21(32)28-20(15)31)19-11-16(17(35-19)13-34-38(7,8)22(2,3)4)33-14-36-37-23(5,6)10-9-18(30)24(25,26)27/h12,16-17,19H,9-11,13-14H2,1-8H3,(H,28,31,32)/t16?,17-,19-/m1/s1. The van der Waals surface area contributed by atoms with E-state index >= 15 is 0 Å². The first-order valence-corrected chi connectivity index (χ1v) is 17.6. The Morgan fingerprint density at radius 3 is 2.42 bits per heavy atom. The first-order chi connectivity index (χ1) is 17.2. The first-order valence-electron chi connectivity index (χ1n) is 12.4. The lowest BCUT2D eigenvalue weighted by Crippen LogP contribution is -2.44. The largest absolute Gasteiger partial charge is 0.449 e. The second-order valence-electron chi connectivity index (χ2n) is 11.6. The van der Waals surface area contributed by atoms with Gasteiger partial charge in [0.1, 0.15) is 18.3 Å². The van der Waals surface area contributed by atoms with Crippen molar-refractivity contribution in [1.82, 2.24) is 9.55 Å². The summed E-state index contributed by atoms with van der Waals surface area (Å²) >= 11 is 0. The molecule has 14 heteroatoms. The summed E-state index contributed by atoms with van der Waals surface area (Å²) in [6.45, 7) is 16.1. The third-order valence-electron chi connectivity index (χ3n) is 6.94. The Kier molecular flexibility index (Phi) is 11.0. The summed E-state index contributed by atoms with van der Waals surface area (Å²) in [6.07, 6.45) is -5.01. The molecule has 1 N–H and O–H groups in total. The van der Waals surface area contributed by atoms with E-state index in [0.717, 1.165) is 0 Å². The van der Waals surface area contributed by atoms with Crippen LogP contribution in [-0.2, 0) is 18.7 Å².